The first kappa shape index (κ1) is 12.1. The van der Waals surface area contributed by atoms with Crippen molar-refractivity contribution in [3.8, 4) is 0 Å². The van der Waals surface area contributed by atoms with Crippen molar-refractivity contribution in [3.05, 3.63) is 29.7 Å². The van der Waals surface area contributed by atoms with Gasteiger partial charge in [0.1, 0.15) is 11.5 Å². The summed E-state index contributed by atoms with van der Waals surface area (Å²) in [4.78, 5) is 13.6. The number of pyridine rings is 1. The Bertz CT molecular complexity index is 614. The molecule has 3 rings (SSSR count). The second-order valence-corrected chi connectivity index (χ2v) is 5.05. The Hall–Kier alpha value is -1.95. The second-order valence-electron chi connectivity index (χ2n) is 5.05. The Morgan fingerprint density at radius 1 is 1.32 bits per heavy atom. The van der Waals surface area contributed by atoms with Crippen molar-refractivity contribution in [2.75, 3.05) is 20.1 Å². The number of hydrogen-bond donors (Lipinski definition) is 1. The molecule has 1 saturated heterocycles. The third kappa shape index (κ3) is 2.08. The number of hydrogen-bond acceptors (Lipinski definition) is 4. The van der Waals surface area contributed by atoms with Gasteiger partial charge in [-0.3, -0.25) is 4.40 Å². The molecule has 1 aliphatic rings. The summed E-state index contributed by atoms with van der Waals surface area (Å²) >= 11 is 0. The first-order valence-corrected chi connectivity index (χ1v) is 6.42. The molecule has 2 aromatic rings. The molecule has 0 aliphatic carbocycles. The van der Waals surface area contributed by atoms with Crippen LogP contribution in [0.1, 0.15) is 35.1 Å². The lowest BCUT2D eigenvalue weighted by molar-refractivity contribution is 0.0688. The van der Waals surface area contributed by atoms with Crippen LogP contribution >= 0.6 is 0 Å². The van der Waals surface area contributed by atoms with Crippen LogP contribution in [0.4, 0.5) is 0 Å². The third-order valence-electron chi connectivity index (χ3n) is 3.76. The molecule has 1 aliphatic heterocycles. The fourth-order valence-corrected chi connectivity index (χ4v) is 2.66. The molecule has 0 saturated carbocycles. The first-order chi connectivity index (χ1) is 9.16. The number of carboxylic acid groups (broad SMARTS) is 1. The Kier molecular flexibility index (Phi) is 2.94. The lowest BCUT2D eigenvalue weighted by atomic mass is 9.96. The van der Waals surface area contributed by atoms with Crippen LogP contribution in [0.15, 0.2) is 18.2 Å². The fourth-order valence-electron chi connectivity index (χ4n) is 2.66. The number of nitrogens with zero attached hydrogens (tertiary/aromatic N) is 4. The summed E-state index contributed by atoms with van der Waals surface area (Å²) in [5.41, 5.74) is 0.838. The SMILES string of the molecule is CN1CCC(c2nnc3cccc(C(=O)O)n23)CC1. The third-order valence-corrected chi connectivity index (χ3v) is 3.76. The number of aromatic carboxylic acids is 1. The van der Waals surface area contributed by atoms with Gasteiger partial charge >= 0.3 is 5.97 Å². The van der Waals surface area contributed by atoms with Gasteiger partial charge in [0.2, 0.25) is 0 Å². The van der Waals surface area contributed by atoms with Gasteiger partial charge in [-0.25, -0.2) is 4.79 Å². The van der Waals surface area contributed by atoms with Crippen LogP contribution in [0.25, 0.3) is 5.65 Å². The molecule has 0 aromatic carbocycles. The van der Waals surface area contributed by atoms with Gasteiger partial charge in [-0.05, 0) is 45.1 Å². The van der Waals surface area contributed by atoms with Crippen LogP contribution in [0.5, 0.6) is 0 Å². The predicted molar refractivity (Wildman–Crippen MR) is 69.4 cm³/mol. The molecule has 100 valence electrons. The fraction of sp³-hybridized carbons (Fsp3) is 0.462. The summed E-state index contributed by atoms with van der Waals surface area (Å²) in [6.07, 6.45) is 1.98. The molecule has 3 heterocycles. The molecule has 6 nitrogen and oxygen atoms in total. The highest BCUT2D eigenvalue weighted by molar-refractivity contribution is 5.86. The van der Waals surface area contributed by atoms with Crippen LogP contribution < -0.4 is 0 Å². The molecule has 19 heavy (non-hydrogen) atoms. The van der Waals surface area contributed by atoms with Gasteiger partial charge in [0.15, 0.2) is 5.65 Å². The highest BCUT2D eigenvalue weighted by Gasteiger charge is 2.24. The minimum Gasteiger partial charge on any atom is -0.477 e. The maximum atomic E-state index is 11.3. The molecule has 6 heteroatoms. The highest BCUT2D eigenvalue weighted by atomic mass is 16.4. The maximum Gasteiger partial charge on any atom is 0.352 e. The molecule has 1 fully saturated rings. The van der Waals surface area contributed by atoms with Gasteiger partial charge in [0.25, 0.3) is 0 Å². The topological polar surface area (TPSA) is 70.7 Å². The largest absolute Gasteiger partial charge is 0.477 e. The molecule has 2 aromatic heterocycles. The summed E-state index contributed by atoms with van der Waals surface area (Å²) < 4.78 is 1.68. The molecule has 0 unspecified atom stereocenters. The summed E-state index contributed by atoms with van der Waals surface area (Å²) in [6.45, 7) is 2.02. The van der Waals surface area contributed by atoms with Crippen molar-refractivity contribution in [1.29, 1.82) is 0 Å². The van der Waals surface area contributed by atoms with E-state index in [1.165, 1.54) is 0 Å². The van der Waals surface area contributed by atoms with Crippen LogP contribution in [0, 0.1) is 0 Å². The van der Waals surface area contributed by atoms with Gasteiger partial charge in [0.05, 0.1) is 0 Å². The zero-order valence-electron chi connectivity index (χ0n) is 10.8. The van der Waals surface area contributed by atoms with E-state index in [4.69, 9.17) is 0 Å². The van der Waals surface area contributed by atoms with Crippen molar-refractivity contribution < 1.29 is 9.90 Å². The quantitative estimate of drug-likeness (QED) is 0.879. The van der Waals surface area contributed by atoms with Crippen molar-refractivity contribution in [2.24, 2.45) is 0 Å². The van der Waals surface area contributed by atoms with Crippen molar-refractivity contribution >= 4 is 11.6 Å². The molecule has 0 bridgehead atoms. The van der Waals surface area contributed by atoms with E-state index in [1.807, 2.05) is 0 Å². The van der Waals surface area contributed by atoms with Crippen LogP contribution in [0.2, 0.25) is 0 Å². The van der Waals surface area contributed by atoms with Gasteiger partial charge in [-0.2, -0.15) is 0 Å². The van der Waals surface area contributed by atoms with E-state index in [0.717, 1.165) is 31.8 Å². The molecule has 1 N–H and O–H groups in total. The van der Waals surface area contributed by atoms with E-state index in [9.17, 15) is 9.90 Å². The number of carboxylic acids is 1. The minimum absolute atomic E-state index is 0.233. The van der Waals surface area contributed by atoms with Crippen LogP contribution in [-0.2, 0) is 0 Å². The normalized spacial score (nSPS) is 17.9. The van der Waals surface area contributed by atoms with Crippen molar-refractivity contribution in [3.63, 3.8) is 0 Å². The number of aromatic nitrogens is 3. The monoisotopic (exact) mass is 260 g/mol. The summed E-state index contributed by atoms with van der Waals surface area (Å²) in [5.74, 6) is 0.118. The van der Waals surface area contributed by atoms with E-state index < -0.39 is 5.97 Å². The van der Waals surface area contributed by atoms with Gasteiger partial charge in [-0.15, -0.1) is 10.2 Å². The molecule has 0 radical (unpaired) electrons. The van der Waals surface area contributed by atoms with Crippen molar-refractivity contribution in [2.45, 2.75) is 18.8 Å². The Morgan fingerprint density at radius 2 is 2.05 bits per heavy atom. The van der Waals surface area contributed by atoms with Gasteiger partial charge in [-0.1, -0.05) is 6.07 Å². The average molecular weight is 260 g/mol. The second kappa shape index (κ2) is 4.62. The first-order valence-electron chi connectivity index (χ1n) is 6.42. The molecule has 0 amide bonds. The Balaban J connectivity index is 2.06. The predicted octanol–water partition coefficient (Wildman–Crippen LogP) is 1.24. The maximum absolute atomic E-state index is 11.3. The van der Waals surface area contributed by atoms with Crippen molar-refractivity contribution in [1.82, 2.24) is 19.5 Å². The van der Waals surface area contributed by atoms with Crippen LogP contribution in [-0.4, -0.2) is 50.7 Å². The number of likely N-dealkylation sites (tertiary alicyclic amines) is 1. The van der Waals surface area contributed by atoms with Gasteiger partial charge in [0, 0.05) is 5.92 Å². The Morgan fingerprint density at radius 3 is 2.74 bits per heavy atom. The van der Waals surface area contributed by atoms with E-state index in [2.05, 4.69) is 22.1 Å². The number of carbonyl (C=O) groups is 1. The number of fused-ring (bicyclic) bond motifs is 1. The van der Waals surface area contributed by atoms with E-state index >= 15 is 0 Å². The molecule has 0 spiro atoms. The molecular weight excluding hydrogens is 244 g/mol. The average Bonchev–Trinajstić information content (AvgIpc) is 2.83. The lowest BCUT2D eigenvalue weighted by Gasteiger charge is -2.27. The van der Waals surface area contributed by atoms with E-state index in [0.29, 0.717) is 5.65 Å². The summed E-state index contributed by atoms with van der Waals surface area (Å²) in [6, 6.07) is 5.08. The van der Waals surface area contributed by atoms with Crippen LogP contribution in [0.3, 0.4) is 0 Å². The molecular formula is C13H16N4O2. The molecule has 0 atom stereocenters. The van der Waals surface area contributed by atoms with Gasteiger partial charge < -0.3 is 10.0 Å². The Labute approximate surface area is 110 Å². The zero-order valence-corrected chi connectivity index (χ0v) is 10.8. The minimum atomic E-state index is -0.945. The zero-order chi connectivity index (χ0) is 13.4. The number of rotatable bonds is 2. The number of piperidine rings is 1. The van der Waals surface area contributed by atoms with E-state index in [1.54, 1.807) is 22.6 Å². The van der Waals surface area contributed by atoms with E-state index in [-0.39, 0.29) is 11.6 Å². The summed E-state index contributed by atoms with van der Waals surface area (Å²) in [5, 5.41) is 17.6. The smallest absolute Gasteiger partial charge is 0.352 e. The lowest BCUT2D eigenvalue weighted by Crippen LogP contribution is -2.30. The highest BCUT2D eigenvalue weighted by Crippen LogP contribution is 2.27. The summed E-state index contributed by atoms with van der Waals surface area (Å²) in [7, 11) is 2.10. The standard InChI is InChI=1S/C13H16N4O2/c1-16-7-5-9(6-8-16)12-15-14-11-4-2-3-10(13(18)19)17(11)12/h2-4,9H,5-8H2,1H3,(H,18,19).